The molecule has 0 radical (unpaired) electrons. The molecule has 5 nitrogen and oxygen atoms in total. The molecule has 0 spiro atoms. The number of aryl methyl sites for hydroxylation is 1. The average Bonchev–Trinajstić information content (AvgIpc) is 2.63. The minimum absolute atomic E-state index is 0.792. The molecule has 1 aliphatic rings. The number of hydrogen-bond donors (Lipinski definition) is 1. The number of aromatic nitrogens is 3. The number of fused-ring (bicyclic) bond motifs is 1. The molecule has 78 valence electrons. The van der Waals surface area contributed by atoms with Crippen molar-refractivity contribution in [3.8, 4) is 0 Å². The van der Waals surface area contributed by atoms with Crippen LogP contribution < -0.4 is 5.32 Å². The standard InChI is InChI=1S/C9H16N4O/c1-14-6-2-3-8-11-12-9-7-10-4-5-13(8)9/h10H,2-7H2,1H3. The van der Waals surface area contributed by atoms with Crippen LogP contribution in [0.4, 0.5) is 0 Å². The lowest BCUT2D eigenvalue weighted by molar-refractivity contribution is 0.194. The second kappa shape index (κ2) is 4.52. The first-order valence-corrected chi connectivity index (χ1v) is 5.02. The number of rotatable bonds is 4. The fourth-order valence-electron chi connectivity index (χ4n) is 1.71. The van der Waals surface area contributed by atoms with E-state index >= 15 is 0 Å². The van der Waals surface area contributed by atoms with Gasteiger partial charge in [-0.05, 0) is 6.42 Å². The Morgan fingerprint density at radius 3 is 3.29 bits per heavy atom. The van der Waals surface area contributed by atoms with Crippen LogP contribution in [0.25, 0.3) is 0 Å². The molecular formula is C9H16N4O. The predicted octanol–water partition coefficient (Wildman–Crippen LogP) is -0.0397. The second-order valence-electron chi connectivity index (χ2n) is 3.46. The van der Waals surface area contributed by atoms with E-state index in [2.05, 4.69) is 20.1 Å². The summed E-state index contributed by atoms with van der Waals surface area (Å²) in [6, 6.07) is 0. The lowest BCUT2D eigenvalue weighted by Gasteiger charge is -2.15. The normalized spacial score (nSPS) is 15.5. The fourth-order valence-corrected chi connectivity index (χ4v) is 1.71. The highest BCUT2D eigenvalue weighted by molar-refractivity contribution is 4.98. The molecular weight excluding hydrogens is 180 g/mol. The van der Waals surface area contributed by atoms with Gasteiger partial charge in [-0.25, -0.2) is 0 Å². The molecule has 0 saturated heterocycles. The zero-order chi connectivity index (χ0) is 9.80. The third-order valence-electron chi connectivity index (χ3n) is 2.45. The van der Waals surface area contributed by atoms with E-state index in [4.69, 9.17) is 4.74 Å². The smallest absolute Gasteiger partial charge is 0.147 e. The molecule has 2 rings (SSSR count). The molecule has 0 unspecified atom stereocenters. The van der Waals surface area contributed by atoms with Crippen LogP contribution in [0, 0.1) is 0 Å². The van der Waals surface area contributed by atoms with E-state index in [-0.39, 0.29) is 0 Å². The third-order valence-corrected chi connectivity index (χ3v) is 2.45. The molecule has 1 N–H and O–H groups in total. The van der Waals surface area contributed by atoms with E-state index in [0.29, 0.717) is 0 Å². The number of hydrogen-bond acceptors (Lipinski definition) is 4. The number of methoxy groups -OCH3 is 1. The minimum atomic E-state index is 0.792. The molecule has 1 aliphatic heterocycles. The van der Waals surface area contributed by atoms with Gasteiger partial charge in [0.1, 0.15) is 11.6 Å². The van der Waals surface area contributed by atoms with Crippen molar-refractivity contribution in [3.63, 3.8) is 0 Å². The van der Waals surface area contributed by atoms with Gasteiger partial charge < -0.3 is 14.6 Å². The van der Waals surface area contributed by atoms with Gasteiger partial charge in [0, 0.05) is 33.2 Å². The van der Waals surface area contributed by atoms with Gasteiger partial charge in [0.2, 0.25) is 0 Å². The Hall–Kier alpha value is -0.940. The molecule has 1 aromatic heterocycles. The summed E-state index contributed by atoms with van der Waals surface area (Å²) in [6.45, 7) is 3.64. The third kappa shape index (κ3) is 1.93. The lowest BCUT2D eigenvalue weighted by atomic mass is 10.3. The molecule has 1 aromatic rings. The molecule has 2 heterocycles. The number of nitrogens with one attached hydrogen (secondary N) is 1. The van der Waals surface area contributed by atoms with Gasteiger partial charge in [-0.1, -0.05) is 0 Å². The van der Waals surface area contributed by atoms with Gasteiger partial charge >= 0.3 is 0 Å². The Bertz CT molecular complexity index is 297. The highest BCUT2D eigenvalue weighted by atomic mass is 16.5. The summed E-state index contributed by atoms with van der Waals surface area (Å²) in [4.78, 5) is 0. The summed E-state index contributed by atoms with van der Waals surface area (Å²) >= 11 is 0. The van der Waals surface area contributed by atoms with E-state index in [1.807, 2.05) is 0 Å². The Morgan fingerprint density at radius 2 is 2.43 bits per heavy atom. The molecule has 0 atom stereocenters. The maximum Gasteiger partial charge on any atom is 0.147 e. The minimum Gasteiger partial charge on any atom is -0.385 e. The Labute approximate surface area is 83.5 Å². The van der Waals surface area contributed by atoms with E-state index in [0.717, 1.165) is 50.7 Å². The first kappa shape index (κ1) is 9.61. The molecule has 0 aromatic carbocycles. The largest absolute Gasteiger partial charge is 0.385 e. The second-order valence-corrected chi connectivity index (χ2v) is 3.46. The summed E-state index contributed by atoms with van der Waals surface area (Å²) < 4.78 is 7.23. The molecule has 0 aliphatic carbocycles. The molecule has 0 bridgehead atoms. The van der Waals surface area contributed by atoms with Crippen molar-refractivity contribution in [3.05, 3.63) is 11.6 Å². The number of ether oxygens (including phenoxy) is 1. The van der Waals surface area contributed by atoms with Crippen LogP contribution in [0.15, 0.2) is 0 Å². The topological polar surface area (TPSA) is 52.0 Å². The first-order valence-electron chi connectivity index (χ1n) is 5.02. The zero-order valence-corrected chi connectivity index (χ0v) is 8.49. The van der Waals surface area contributed by atoms with Gasteiger partial charge in [-0.2, -0.15) is 0 Å². The summed E-state index contributed by atoms with van der Waals surface area (Å²) in [6.07, 6.45) is 1.98. The Balaban J connectivity index is 1.99. The van der Waals surface area contributed by atoms with Crippen molar-refractivity contribution in [2.45, 2.75) is 25.9 Å². The Morgan fingerprint density at radius 1 is 1.50 bits per heavy atom. The summed E-state index contributed by atoms with van der Waals surface area (Å²) in [7, 11) is 1.73. The van der Waals surface area contributed by atoms with Crippen LogP contribution in [0.3, 0.4) is 0 Å². The SMILES string of the molecule is COCCCc1nnc2n1CCNC2. The monoisotopic (exact) mass is 196 g/mol. The van der Waals surface area contributed by atoms with Crippen molar-refractivity contribution >= 4 is 0 Å². The van der Waals surface area contributed by atoms with Crippen molar-refractivity contribution in [2.75, 3.05) is 20.3 Å². The average molecular weight is 196 g/mol. The molecule has 0 fully saturated rings. The van der Waals surface area contributed by atoms with Gasteiger partial charge in [0.05, 0.1) is 6.54 Å². The van der Waals surface area contributed by atoms with Crippen LogP contribution in [0.5, 0.6) is 0 Å². The van der Waals surface area contributed by atoms with Crippen LogP contribution in [0.2, 0.25) is 0 Å². The van der Waals surface area contributed by atoms with Gasteiger partial charge in [0.25, 0.3) is 0 Å². The highest BCUT2D eigenvalue weighted by Gasteiger charge is 2.14. The van der Waals surface area contributed by atoms with Crippen molar-refractivity contribution in [2.24, 2.45) is 0 Å². The maximum absolute atomic E-state index is 5.01. The van der Waals surface area contributed by atoms with E-state index in [1.54, 1.807) is 7.11 Å². The van der Waals surface area contributed by atoms with Gasteiger partial charge in [0.15, 0.2) is 0 Å². The van der Waals surface area contributed by atoms with Crippen LogP contribution in [0.1, 0.15) is 18.1 Å². The summed E-state index contributed by atoms with van der Waals surface area (Å²) in [5.74, 6) is 2.15. The van der Waals surface area contributed by atoms with Gasteiger partial charge in [-0.15, -0.1) is 10.2 Å². The van der Waals surface area contributed by atoms with Crippen LogP contribution in [-0.2, 0) is 24.2 Å². The summed E-state index contributed by atoms with van der Waals surface area (Å²) in [5.41, 5.74) is 0. The first-order chi connectivity index (χ1) is 6.92. The van der Waals surface area contributed by atoms with Crippen molar-refractivity contribution in [1.29, 1.82) is 0 Å². The van der Waals surface area contributed by atoms with E-state index in [1.165, 1.54) is 0 Å². The van der Waals surface area contributed by atoms with Crippen LogP contribution >= 0.6 is 0 Å². The summed E-state index contributed by atoms with van der Waals surface area (Å²) in [5, 5.41) is 11.6. The molecule has 0 saturated carbocycles. The molecule has 0 amide bonds. The molecule has 14 heavy (non-hydrogen) atoms. The van der Waals surface area contributed by atoms with Crippen molar-refractivity contribution in [1.82, 2.24) is 20.1 Å². The Kier molecular flexibility index (Phi) is 3.10. The predicted molar refractivity (Wildman–Crippen MR) is 51.9 cm³/mol. The quantitative estimate of drug-likeness (QED) is 0.687. The van der Waals surface area contributed by atoms with E-state index in [9.17, 15) is 0 Å². The van der Waals surface area contributed by atoms with Gasteiger partial charge in [-0.3, -0.25) is 0 Å². The van der Waals surface area contributed by atoms with E-state index < -0.39 is 0 Å². The molecule has 5 heteroatoms. The van der Waals surface area contributed by atoms with Crippen molar-refractivity contribution < 1.29 is 4.74 Å². The zero-order valence-electron chi connectivity index (χ0n) is 8.49. The van der Waals surface area contributed by atoms with Crippen LogP contribution in [-0.4, -0.2) is 35.0 Å². The lowest BCUT2D eigenvalue weighted by Crippen LogP contribution is -2.29. The number of nitrogens with zero attached hydrogens (tertiary/aromatic N) is 3. The maximum atomic E-state index is 5.01. The fraction of sp³-hybridized carbons (Fsp3) is 0.778. The highest BCUT2D eigenvalue weighted by Crippen LogP contribution is 2.07.